The summed E-state index contributed by atoms with van der Waals surface area (Å²) in [7, 11) is 0. The summed E-state index contributed by atoms with van der Waals surface area (Å²) in [5.74, 6) is 0.503. The Morgan fingerprint density at radius 1 is 0.688 bits per heavy atom. The lowest BCUT2D eigenvalue weighted by molar-refractivity contribution is 0.390. The molecule has 0 saturated heterocycles. The third-order valence-electron chi connectivity index (χ3n) is 6.29. The van der Waals surface area contributed by atoms with Crippen LogP contribution in [0.1, 0.15) is 89.5 Å². The molecular weight excluding hydrogens is 396 g/mol. The largest absolute Gasteiger partial charge is 0.507 e. The van der Waals surface area contributed by atoms with Gasteiger partial charge in [-0.25, -0.2) is 0 Å². The quantitative estimate of drug-likeness (QED) is 0.536. The second-order valence-electron chi connectivity index (χ2n) is 11.0. The summed E-state index contributed by atoms with van der Waals surface area (Å²) in [4.78, 5) is 9.70. The van der Waals surface area contributed by atoms with Crippen molar-refractivity contribution < 1.29 is 10.2 Å². The number of hydrogen-bond acceptors (Lipinski definition) is 4. The third-order valence-corrected chi connectivity index (χ3v) is 6.29. The van der Waals surface area contributed by atoms with Gasteiger partial charge in [-0.15, -0.1) is 0 Å². The molecule has 1 aliphatic rings. The molecule has 2 aromatic carbocycles. The lowest BCUT2D eigenvalue weighted by Crippen LogP contribution is -2.27. The van der Waals surface area contributed by atoms with E-state index in [1.54, 1.807) is 24.6 Å². The Kier molecular flexibility index (Phi) is 7.12. The fraction of sp³-hybridized carbons (Fsp3) is 0.500. The second-order valence-corrected chi connectivity index (χ2v) is 11.0. The number of hydrogen-bond donors (Lipinski definition) is 2. The van der Waals surface area contributed by atoms with E-state index in [-0.39, 0.29) is 34.4 Å². The molecular formula is C28H38N2O2. The molecule has 3 rings (SSSR count). The first-order valence-corrected chi connectivity index (χ1v) is 11.7. The zero-order chi connectivity index (χ0) is 23.5. The van der Waals surface area contributed by atoms with Gasteiger partial charge in [-0.2, -0.15) is 0 Å². The highest BCUT2D eigenvalue weighted by Crippen LogP contribution is 2.29. The Bertz CT molecular complexity index is 912. The number of aliphatic imine (C=N–C) groups is 2. The molecule has 0 heterocycles. The molecule has 0 spiro atoms. The summed E-state index contributed by atoms with van der Waals surface area (Å²) >= 11 is 0. The van der Waals surface area contributed by atoms with Crippen LogP contribution in [0.15, 0.2) is 46.4 Å². The van der Waals surface area contributed by atoms with Gasteiger partial charge in [0.1, 0.15) is 11.5 Å². The van der Waals surface area contributed by atoms with E-state index in [1.165, 1.54) is 11.1 Å². The van der Waals surface area contributed by atoms with Gasteiger partial charge in [0.15, 0.2) is 0 Å². The van der Waals surface area contributed by atoms with Gasteiger partial charge < -0.3 is 10.2 Å². The fourth-order valence-electron chi connectivity index (χ4n) is 4.04. The van der Waals surface area contributed by atoms with E-state index < -0.39 is 0 Å². The lowest BCUT2D eigenvalue weighted by atomic mass is 9.86. The lowest BCUT2D eigenvalue weighted by Gasteiger charge is -2.26. The molecule has 1 aliphatic carbocycles. The molecule has 0 amide bonds. The maximum atomic E-state index is 10.3. The molecule has 32 heavy (non-hydrogen) atoms. The van der Waals surface area contributed by atoms with Crippen LogP contribution in [0.2, 0.25) is 0 Å². The maximum Gasteiger partial charge on any atom is 0.124 e. The fourth-order valence-corrected chi connectivity index (χ4v) is 4.04. The molecule has 4 heteroatoms. The number of nitrogens with zero attached hydrogens (tertiary/aromatic N) is 2. The summed E-state index contributed by atoms with van der Waals surface area (Å²) in [5, 5.41) is 20.6. The minimum absolute atomic E-state index is 0.0115. The van der Waals surface area contributed by atoms with Crippen molar-refractivity contribution in [2.75, 3.05) is 0 Å². The second kappa shape index (κ2) is 9.48. The van der Waals surface area contributed by atoms with Gasteiger partial charge >= 0.3 is 0 Å². The van der Waals surface area contributed by atoms with Gasteiger partial charge in [0, 0.05) is 23.6 Å². The average molecular weight is 435 g/mol. The molecule has 0 bridgehead atoms. The Balaban J connectivity index is 1.82. The van der Waals surface area contributed by atoms with Gasteiger partial charge in [0.2, 0.25) is 0 Å². The van der Waals surface area contributed by atoms with Crippen molar-refractivity contribution in [1.82, 2.24) is 0 Å². The highest BCUT2D eigenvalue weighted by molar-refractivity contribution is 5.85. The van der Waals surface area contributed by atoms with Crippen LogP contribution in [-0.2, 0) is 10.8 Å². The van der Waals surface area contributed by atoms with Crippen molar-refractivity contribution in [3.8, 4) is 11.5 Å². The Hall–Kier alpha value is -2.62. The van der Waals surface area contributed by atoms with Crippen LogP contribution in [0.3, 0.4) is 0 Å². The van der Waals surface area contributed by atoms with Crippen molar-refractivity contribution >= 4 is 12.4 Å². The maximum absolute atomic E-state index is 10.3. The predicted octanol–water partition coefficient (Wildman–Crippen LogP) is 6.54. The molecule has 0 aromatic heterocycles. The first kappa shape index (κ1) is 24.0. The highest BCUT2D eigenvalue weighted by Gasteiger charge is 2.24. The first-order chi connectivity index (χ1) is 14.9. The normalized spacial score (nSPS) is 20.3. The molecule has 1 saturated carbocycles. The Morgan fingerprint density at radius 3 is 1.41 bits per heavy atom. The van der Waals surface area contributed by atoms with Crippen LogP contribution in [0.4, 0.5) is 0 Å². The van der Waals surface area contributed by atoms with Crippen LogP contribution in [-0.4, -0.2) is 34.7 Å². The number of aromatic hydroxyl groups is 2. The van der Waals surface area contributed by atoms with E-state index in [9.17, 15) is 10.2 Å². The average Bonchev–Trinajstić information content (AvgIpc) is 2.71. The van der Waals surface area contributed by atoms with E-state index >= 15 is 0 Å². The van der Waals surface area contributed by atoms with Gasteiger partial charge in [0.25, 0.3) is 0 Å². The summed E-state index contributed by atoms with van der Waals surface area (Å²) in [6.07, 6.45) is 7.83. The van der Waals surface area contributed by atoms with Gasteiger partial charge in [0.05, 0.1) is 12.1 Å². The minimum atomic E-state index is 0.0115. The molecule has 1 fully saturated rings. The minimum Gasteiger partial charge on any atom is -0.507 e. The third kappa shape index (κ3) is 5.99. The van der Waals surface area contributed by atoms with E-state index in [1.807, 2.05) is 24.3 Å². The SMILES string of the molecule is CC(C)(C)c1ccc(O)c(C=N[C@H]2CCCC[C@@H]2N=Cc2cc(C(C)(C)C)ccc2O)c1. The van der Waals surface area contributed by atoms with Crippen LogP contribution in [0.25, 0.3) is 0 Å². The number of benzene rings is 2. The number of rotatable bonds is 4. The van der Waals surface area contributed by atoms with Crippen molar-refractivity contribution in [3.05, 3.63) is 58.7 Å². The highest BCUT2D eigenvalue weighted by atomic mass is 16.3. The van der Waals surface area contributed by atoms with Crippen molar-refractivity contribution in [1.29, 1.82) is 0 Å². The van der Waals surface area contributed by atoms with Gasteiger partial charge in [-0.3, -0.25) is 9.98 Å². The van der Waals surface area contributed by atoms with Crippen LogP contribution in [0.5, 0.6) is 11.5 Å². The zero-order valence-corrected chi connectivity index (χ0v) is 20.4. The van der Waals surface area contributed by atoms with Crippen molar-refractivity contribution in [2.45, 2.75) is 90.1 Å². The van der Waals surface area contributed by atoms with Crippen LogP contribution in [0, 0.1) is 0 Å². The van der Waals surface area contributed by atoms with E-state index in [4.69, 9.17) is 9.98 Å². The Labute approximate surface area is 193 Å². The molecule has 2 N–H and O–H groups in total. The summed E-state index contributed by atoms with van der Waals surface area (Å²) in [5.41, 5.74) is 3.87. The van der Waals surface area contributed by atoms with Crippen LogP contribution < -0.4 is 0 Å². The van der Waals surface area contributed by atoms with Crippen molar-refractivity contribution in [2.24, 2.45) is 9.98 Å². The molecule has 4 nitrogen and oxygen atoms in total. The predicted molar refractivity (Wildman–Crippen MR) is 135 cm³/mol. The van der Waals surface area contributed by atoms with E-state index in [0.717, 1.165) is 36.8 Å². The molecule has 0 aliphatic heterocycles. The smallest absolute Gasteiger partial charge is 0.124 e. The topological polar surface area (TPSA) is 65.2 Å². The monoisotopic (exact) mass is 434 g/mol. The molecule has 172 valence electrons. The standard InChI is InChI=1S/C28H38N2O2/c1-27(2,3)21-11-13-25(31)19(15-21)17-29-23-9-7-8-10-24(23)30-18-20-16-22(28(4,5)6)12-14-26(20)32/h11-18,23-24,31-32H,7-10H2,1-6H3/t23-,24-/m0/s1. The first-order valence-electron chi connectivity index (χ1n) is 11.7. The molecule has 2 aromatic rings. The Morgan fingerprint density at radius 2 is 1.06 bits per heavy atom. The van der Waals surface area contributed by atoms with E-state index in [0.29, 0.717) is 0 Å². The van der Waals surface area contributed by atoms with E-state index in [2.05, 4.69) is 41.5 Å². The number of phenolic OH excluding ortho intramolecular Hbond substituents is 2. The molecule has 0 radical (unpaired) electrons. The zero-order valence-electron chi connectivity index (χ0n) is 20.4. The van der Waals surface area contributed by atoms with Crippen molar-refractivity contribution in [3.63, 3.8) is 0 Å². The number of phenols is 2. The summed E-state index contributed by atoms with van der Waals surface area (Å²) < 4.78 is 0. The molecule has 2 atom stereocenters. The van der Waals surface area contributed by atoms with Gasteiger partial charge in [-0.05, 0) is 59.1 Å². The summed E-state index contributed by atoms with van der Waals surface area (Å²) in [6, 6.07) is 11.6. The summed E-state index contributed by atoms with van der Waals surface area (Å²) in [6.45, 7) is 13.0. The molecule has 0 unspecified atom stereocenters. The van der Waals surface area contributed by atoms with Gasteiger partial charge in [-0.1, -0.05) is 66.5 Å². The van der Waals surface area contributed by atoms with Crippen LogP contribution >= 0.6 is 0 Å².